The van der Waals surface area contributed by atoms with E-state index in [2.05, 4.69) is 23.9 Å². The molecule has 2 aromatic rings. The Hall–Kier alpha value is -1.84. The summed E-state index contributed by atoms with van der Waals surface area (Å²) in [5.41, 5.74) is 9.94. The first-order chi connectivity index (χ1) is 7.77. The van der Waals surface area contributed by atoms with Crippen molar-refractivity contribution in [3.8, 4) is 5.69 Å². The van der Waals surface area contributed by atoms with E-state index in [1.807, 2.05) is 16.8 Å². The number of pyridine rings is 1. The number of aryl methyl sites for hydroxylation is 1. The van der Waals surface area contributed by atoms with Crippen LogP contribution in [0.25, 0.3) is 5.69 Å². The Balaban J connectivity index is 2.57. The minimum atomic E-state index is 0.821. The van der Waals surface area contributed by atoms with Crippen molar-refractivity contribution in [2.75, 3.05) is 5.73 Å². The number of hydrogen-bond donors (Lipinski definition) is 1. The lowest BCUT2D eigenvalue weighted by atomic mass is 10.2. The summed E-state index contributed by atoms with van der Waals surface area (Å²) in [6, 6.07) is 3.87. The van der Waals surface area contributed by atoms with E-state index in [0.717, 1.165) is 35.6 Å². The van der Waals surface area contributed by atoms with Crippen molar-refractivity contribution in [2.24, 2.45) is 0 Å². The van der Waals surface area contributed by atoms with Gasteiger partial charge in [-0.15, -0.1) is 0 Å². The minimum Gasteiger partial charge on any atom is -0.396 e. The molecule has 2 aromatic heterocycles. The Kier molecular flexibility index (Phi) is 2.90. The molecule has 0 bridgehead atoms. The first-order valence-corrected chi connectivity index (χ1v) is 5.54. The predicted octanol–water partition coefficient (Wildman–Crippen LogP) is 1.97. The molecule has 0 aliphatic rings. The third-order valence-corrected chi connectivity index (χ3v) is 2.68. The average molecular weight is 216 g/mol. The molecule has 0 radical (unpaired) electrons. The molecular weight excluding hydrogens is 200 g/mol. The predicted molar refractivity (Wildman–Crippen MR) is 64.5 cm³/mol. The van der Waals surface area contributed by atoms with Crippen molar-refractivity contribution in [3.05, 3.63) is 35.9 Å². The van der Waals surface area contributed by atoms with E-state index < -0.39 is 0 Å². The van der Waals surface area contributed by atoms with Crippen LogP contribution in [0.2, 0.25) is 0 Å². The van der Waals surface area contributed by atoms with Crippen LogP contribution in [0.3, 0.4) is 0 Å². The summed E-state index contributed by atoms with van der Waals surface area (Å²) >= 11 is 0. The first-order valence-electron chi connectivity index (χ1n) is 5.54. The Morgan fingerprint density at radius 1 is 1.19 bits per heavy atom. The van der Waals surface area contributed by atoms with Gasteiger partial charge in [-0.3, -0.25) is 4.98 Å². The molecule has 84 valence electrons. The molecule has 4 heteroatoms. The third-order valence-electron chi connectivity index (χ3n) is 2.68. The molecule has 0 aliphatic carbocycles. The molecule has 2 rings (SSSR count). The van der Waals surface area contributed by atoms with Crippen molar-refractivity contribution < 1.29 is 0 Å². The third kappa shape index (κ3) is 1.66. The standard InChI is InChI=1S/C12H16N4/c1-3-10-12(13)11(4-2)16(15-10)9-5-7-14-8-6-9/h5-8H,3-4,13H2,1-2H3. The lowest BCUT2D eigenvalue weighted by Gasteiger charge is -2.05. The molecular formula is C12H16N4. The molecule has 0 spiro atoms. The zero-order chi connectivity index (χ0) is 11.5. The first kappa shape index (κ1) is 10.7. The van der Waals surface area contributed by atoms with E-state index in [9.17, 15) is 0 Å². The number of nitrogens with two attached hydrogens (primary N) is 1. The minimum absolute atomic E-state index is 0.821. The molecule has 0 fully saturated rings. The van der Waals surface area contributed by atoms with Crippen molar-refractivity contribution in [1.82, 2.24) is 14.8 Å². The van der Waals surface area contributed by atoms with Crippen molar-refractivity contribution in [3.63, 3.8) is 0 Å². The molecule has 16 heavy (non-hydrogen) atoms. The van der Waals surface area contributed by atoms with Gasteiger partial charge >= 0.3 is 0 Å². The topological polar surface area (TPSA) is 56.7 Å². The maximum atomic E-state index is 6.06. The fraction of sp³-hybridized carbons (Fsp3) is 0.333. The molecule has 0 unspecified atom stereocenters. The quantitative estimate of drug-likeness (QED) is 0.853. The van der Waals surface area contributed by atoms with Gasteiger partial charge in [0.15, 0.2) is 0 Å². The average Bonchev–Trinajstić information content (AvgIpc) is 2.66. The van der Waals surface area contributed by atoms with Gasteiger partial charge in [0.1, 0.15) is 0 Å². The summed E-state index contributed by atoms with van der Waals surface area (Å²) < 4.78 is 1.91. The summed E-state index contributed by atoms with van der Waals surface area (Å²) in [7, 11) is 0. The van der Waals surface area contributed by atoms with Gasteiger partial charge in [-0.2, -0.15) is 5.10 Å². The van der Waals surface area contributed by atoms with E-state index in [-0.39, 0.29) is 0 Å². The fourth-order valence-corrected chi connectivity index (χ4v) is 1.82. The number of aromatic nitrogens is 3. The van der Waals surface area contributed by atoms with E-state index in [1.165, 1.54) is 0 Å². The fourth-order valence-electron chi connectivity index (χ4n) is 1.82. The second-order valence-corrected chi connectivity index (χ2v) is 3.63. The number of hydrogen-bond acceptors (Lipinski definition) is 3. The molecule has 0 aliphatic heterocycles. The highest BCUT2D eigenvalue weighted by Gasteiger charge is 2.13. The van der Waals surface area contributed by atoms with Crippen LogP contribution in [-0.4, -0.2) is 14.8 Å². The zero-order valence-corrected chi connectivity index (χ0v) is 9.64. The molecule has 0 aromatic carbocycles. The van der Waals surface area contributed by atoms with Gasteiger partial charge in [-0.05, 0) is 25.0 Å². The van der Waals surface area contributed by atoms with E-state index in [4.69, 9.17) is 5.73 Å². The van der Waals surface area contributed by atoms with Gasteiger partial charge in [0.05, 0.1) is 22.8 Å². The van der Waals surface area contributed by atoms with Crippen LogP contribution >= 0.6 is 0 Å². The van der Waals surface area contributed by atoms with Crippen molar-refractivity contribution in [1.29, 1.82) is 0 Å². The summed E-state index contributed by atoms with van der Waals surface area (Å²) in [5, 5.41) is 4.53. The van der Waals surface area contributed by atoms with E-state index in [1.54, 1.807) is 12.4 Å². The number of nitrogen functional groups attached to an aromatic ring is 1. The SMILES string of the molecule is CCc1nn(-c2ccncc2)c(CC)c1N. The molecule has 0 saturated heterocycles. The van der Waals surface area contributed by atoms with Crippen LogP contribution in [0.15, 0.2) is 24.5 Å². The van der Waals surface area contributed by atoms with Crippen molar-refractivity contribution in [2.45, 2.75) is 26.7 Å². The zero-order valence-electron chi connectivity index (χ0n) is 9.64. The van der Waals surface area contributed by atoms with Gasteiger partial charge in [0.25, 0.3) is 0 Å². The summed E-state index contributed by atoms with van der Waals surface area (Å²) in [6.07, 6.45) is 5.26. The second-order valence-electron chi connectivity index (χ2n) is 3.63. The van der Waals surface area contributed by atoms with Crippen LogP contribution < -0.4 is 5.73 Å². The Labute approximate surface area is 95.1 Å². The van der Waals surface area contributed by atoms with Gasteiger partial charge < -0.3 is 5.73 Å². The highest BCUT2D eigenvalue weighted by molar-refractivity contribution is 5.51. The summed E-state index contributed by atoms with van der Waals surface area (Å²) in [5.74, 6) is 0. The molecule has 4 nitrogen and oxygen atoms in total. The van der Waals surface area contributed by atoms with Gasteiger partial charge in [0, 0.05) is 12.4 Å². The molecule has 0 amide bonds. The maximum absolute atomic E-state index is 6.06. The number of nitrogens with zero attached hydrogens (tertiary/aromatic N) is 3. The largest absolute Gasteiger partial charge is 0.396 e. The molecule has 2 heterocycles. The molecule has 0 atom stereocenters. The van der Waals surface area contributed by atoms with Gasteiger partial charge in [0.2, 0.25) is 0 Å². The molecule has 0 saturated carbocycles. The summed E-state index contributed by atoms with van der Waals surface area (Å²) in [6.45, 7) is 4.15. The normalized spacial score (nSPS) is 10.6. The van der Waals surface area contributed by atoms with E-state index in [0.29, 0.717) is 0 Å². The van der Waals surface area contributed by atoms with Crippen molar-refractivity contribution >= 4 is 5.69 Å². The van der Waals surface area contributed by atoms with Gasteiger partial charge in [-0.25, -0.2) is 4.68 Å². The lowest BCUT2D eigenvalue weighted by Crippen LogP contribution is -2.02. The smallest absolute Gasteiger partial charge is 0.0858 e. The van der Waals surface area contributed by atoms with E-state index >= 15 is 0 Å². The van der Waals surface area contributed by atoms with Crippen LogP contribution in [-0.2, 0) is 12.8 Å². The lowest BCUT2D eigenvalue weighted by molar-refractivity contribution is 0.793. The number of rotatable bonds is 3. The summed E-state index contributed by atoms with van der Waals surface area (Å²) in [4.78, 5) is 4.00. The van der Waals surface area contributed by atoms with Gasteiger partial charge in [-0.1, -0.05) is 13.8 Å². The monoisotopic (exact) mass is 216 g/mol. The Morgan fingerprint density at radius 3 is 2.44 bits per heavy atom. The highest BCUT2D eigenvalue weighted by Crippen LogP contribution is 2.21. The van der Waals surface area contributed by atoms with Crippen LogP contribution in [0.1, 0.15) is 25.2 Å². The maximum Gasteiger partial charge on any atom is 0.0858 e. The van der Waals surface area contributed by atoms with Crippen LogP contribution in [0, 0.1) is 0 Å². The number of anilines is 1. The Bertz CT molecular complexity index is 473. The van der Waals surface area contributed by atoms with Crippen LogP contribution in [0.4, 0.5) is 5.69 Å². The highest BCUT2D eigenvalue weighted by atomic mass is 15.3. The molecule has 2 N–H and O–H groups in total. The second kappa shape index (κ2) is 4.35. The Morgan fingerprint density at radius 2 is 1.88 bits per heavy atom. The van der Waals surface area contributed by atoms with Crippen LogP contribution in [0.5, 0.6) is 0 Å².